The first-order chi connectivity index (χ1) is 12.8. The van der Waals surface area contributed by atoms with Crippen molar-refractivity contribution in [2.24, 2.45) is 5.41 Å². The monoisotopic (exact) mass is 372 g/mol. The van der Waals surface area contributed by atoms with Crippen LogP contribution in [0.5, 0.6) is 0 Å². The second-order valence-corrected chi connectivity index (χ2v) is 9.56. The van der Waals surface area contributed by atoms with Crippen molar-refractivity contribution in [1.82, 2.24) is 10.2 Å². The van der Waals surface area contributed by atoms with Crippen LogP contribution in [0.2, 0.25) is 0 Å². The van der Waals surface area contributed by atoms with E-state index >= 15 is 0 Å². The molecule has 1 aromatic rings. The van der Waals surface area contributed by atoms with Crippen LogP contribution >= 0.6 is 0 Å². The predicted molar refractivity (Wildman–Crippen MR) is 105 cm³/mol. The van der Waals surface area contributed by atoms with Crippen LogP contribution in [0.3, 0.4) is 0 Å². The number of nitrogens with zero attached hydrogens (tertiary/aromatic N) is 1. The Morgan fingerprint density at radius 3 is 2.63 bits per heavy atom. The molecule has 2 fully saturated rings. The minimum absolute atomic E-state index is 0.100. The van der Waals surface area contributed by atoms with Crippen molar-refractivity contribution < 1.29 is 14.3 Å². The van der Waals surface area contributed by atoms with E-state index < -0.39 is 0 Å². The molecule has 1 aromatic carbocycles. The average Bonchev–Trinajstić information content (AvgIpc) is 2.64. The summed E-state index contributed by atoms with van der Waals surface area (Å²) in [7, 11) is 0. The lowest BCUT2D eigenvalue weighted by Gasteiger charge is -2.42. The van der Waals surface area contributed by atoms with Crippen molar-refractivity contribution in [2.75, 3.05) is 39.5 Å². The van der Waals surface area contributed by atoms with Crippen molar-refractivity contribution in [3.05, 3.63) is 34.4 Å². The van der Waals surface area contributed by atoms with Gasteiger partial charge >= 0.3 is 0 Å². The lowest BCUT2D eigenvalue weighted by molar-refractivity contribution is -0.169. The third-order valence-electron chi connectivity index (χ3n) is 6.18. The van der Waals surface area contributed by atoms with E-state index in [1.807, 2.05) is 11.8 Å². The number of ether oxygens (including phenoxy) is 2. The number of hydrogen-bond acceptors (Lipinski definition) is 4. The summed E-state index contributed by atoms with van der Waals surface area (Å²) < 4.78 is 11.1. The Kier molecular flexibility index (Phi) is 4.81. The molecule has 148 valence electrons. The molecule has 0 spiro atoms. The fraction of sp³-hybridized carbons (Fsp3) is 0.682. The second-order valence-electron chi connectivity index (χ2n) is 9.56. The van der Waals surface area contributed by atoms with E-state index in [0.29, 0.717) is 26.4 Å². The van der Waals surface area contributed by atoms with Gasteiger partial charge in [-0.15, -0.1) is 0 Å². The Hall–Kier alpha value is -1.43. The van der Waals surface area contributed by atoms with Crippen molar-refractivity contribution in [2.45, 2.75) is 52.1 Å². The number of carbonyl (C=O) groups excluding carboxylic acids is 1. The van der Waals surface area contributed by atoms with Gasteiger partial charge in [-0.3, -0.25) is 4.79 Å². The number of morpholine rings is 1. The molecule has 1 atom stereocenters. The van der Waals surface area contributed by atoms with Gasteiger partial charge in [0.15, 0.2) is 0 Å². The van der Waals surface area contributed by atoms with Crippen LogP contribution in [0.25, 0.3) is 0 Å². The lowest BCUT2D eigenvalue weighted by atomic mass is 9.80. The van der Waals surface area contributed by atoms with E-state index in [-0.39, 0.29) is 22.8 Å². The Morgan fingerprint density at radius 1 is 1.26 bits per heavy atom. The quantitative estimate of drug-likeness (QED) is 0.867. The minimum Gasteiger partial charge on any atom is -0.379 e. The van der Waals surface area contributed by atoms with E-state index in [4.69, 9.17) is 9.47 Å². The highest BCUT2D eigenvalue weighted by molar-refractivity contribution is 5.83. The van der Waals surface area contributed by atoms with Gasteiger partial charge in [-0.05, 0) is 41.0 Å². The van der Waals surface area contributed by atoms with Gasteiger partial charge in [-0.2, -0.15) is 0 Å². The lowest BCUT2D eigenvalue weighted by Crippen LogP contribution is -2.54. The maximum absolute atomic E-state index is 13.0. The molecule has 0 unspecified atom stereocenters. The van der Waals surface area contributed by atoms with Gasteiger partial charge in [0.05, 0.1) is 37.9 Å². The van der Waals surface area contributed by atoms with Crippen LogP contribution in [0.15, 0.2) is 12.1 Å². The Balaban J connectivity index is 1.69. The summed E-state index contributed by atoms with van der Waals surface area (Å²) in [6.07, 6.45) is 0.919. The van der Waals surface area contributed by atoms with Gasteiger partial charge < -0.3 is 19.7 Å². The highest BCUT2D eigenvalue weighted by atomic mass is 16.5. The number of amides is 1. The zero-order valence-electron chi connectivity index (χ0n) is 17.1. The zero-order chi connectivity index (χ0) is 19.2. The number of fused-ring (bicyclic) bond motifs is 1. The molecule has 27 heavy (non-hydrogen) atoms. The van der Waals surface area contributed by atoms with Gasteiger partial charge in [0.2, 0.25) is 5.91 Å². The fourth-order valence-corrected chi connectivity index (χ4v) is 4.29. The Labute approximate surface area is 162 Å². The summed E-state index contributed by atoms with van der Waals surface area (Å²) in [4.78, 5) is 15.1. The van der Waals surface area contributed by atoms with Gasteiger partial charge in [0.25, 0.3) is 0 Å². The minimum atomic E-state index is -0.338. The van der Waals surface area contributed by atoms with Crippen molar-refractivity contribution in [3.8, 4) is 0 Å². The first kappa shape index (κ1) is 18.9. The largest absolute Gasteiger partial charge is 0.379 e. The summed E-state index contributed by atoms with van der Waals surface area (Å²) in [6.45, 7) is 13.7. The molecule has 3 aliphatic rings. The molecule has 2 saturated heterocycles. The molecule has 5 heteroatoms. The van der Waals surface area contributed by atoms with E-state index in [2.05, 4.69) is 38.2 Å². The highest BCUT2D eigenvalue weighted by Gasteiger charge is 2.44. The van der Waals surface area contributed by atoms with Crippen LogP contribution in [0.1, 0.15) is 56.0 Å². The molecule has 3 heterocycles. The number of hydrogen-bond donors (Lipinski definition) is 1. The molecule has 5 nitrogen and oxygen atoms in total. The number of rotatable bonds is 2. The number of benzene rings is 1. The van der Waals surface area contributed by atoms with E-state index in [1.165, 1.54) is 22.3 Å². The second kappa shape index (κ2) is 6.87. The molecular formula is C22H32N2O3. The predicted octanol–water partition coefficient (Wildman–Crippen LogP) is 2.57. The molecule has 4 rings (SSSR count). The van der Waals surface area contributed by atoms with E-state index in [9.17, 15) is 4.79 Å². The van der Waals surface area contributed by atoms with E-state index in [0.717, 1.165) is 26.1 Å². The maximum atomic E-state index is 13.0. The molecule has 1 N–H and O–H groups in total. The Morgan fingerprint density at radius 2 is 2.04 bits per heavy atom. The normalized spacial score (nSPS) is 24.9. The third-order valence-corrected chi connectivity index (χ3v) is 6.18. The number of nitrogens with one attached hydrogen (secondary N) is 1. The third kappa shape index (κ3) is 3.53. The van der Waals surface area contributed by atoms with Crippen molar-refractivity contribution in [3.63, 3.8) is 0 Å². The highest BCUT2D eigenvalue weighted by Crippen LogP contribution is 2.36. The SMILES string of the molecule is CC1(C(=O)N2CCc3cc(C(C)(C)C)cc([C@@H]4COCCN4)c3C2)COC1. The Bertz CT molecular complexity index is 728. The first-order valence-corrected chi connectivity index (χ1v) is 10.1. The summed E-state index contributed by atoms with van der Waals surface area (Å²) in [6, 6.07) is 4.90. The molecule has 0 bridgehead atoms. The van der Waals surface area contributed by atoms with Crippen LogP contribution in [0, 0.1) is 5.41 Å². The number of carbonyl (C=O) groups is 1. The zero-order valence-corrected chi connectivity index (χ0v) is 17.1. The molecule has 0 aliphatic carbocycles. The van der Waals surface area contributed by atoms with Gasteiger partial charge in [-0.1, -0.05) is 32.9 Å². The van der Waals surface area contributed by atoms with Crippen molar-refractivity contribution in [1.29, 1.82) is 0 Å². The van der Waals surface area contributed by atoms with Crippen LogP contribution < -0.4 is 5.32 Å². The van der Waals surface area contributed by atoms with Crippen LogP contribution in [-0.2, 0) is 32.6 Å². The van der Waals surface area contributed by atoms with E-state index in [1.54, 1.807) is 0 Å². The topological polar surface area (TPSA) is 50.8 Å². The summed E-state index contributed by atoms with van der Waals surface area (Å²) in [5.41, 5.74) is 5.14. The van der Waals surface area contributed by atoms with Crippen LogP contribution in [-0.4, -0.2) is 50.3 Å². The summed E-state index contributed by atoms with van der Waals surface area (Å²) in [5.74, 6) is 0.234. The molecule has 0 aromatic heterocycles. The molecule has 1 amide bonds. The van der Waals surface area contributed by atoms with Gasteiger partial charge in [0, 0.05) is 19.6 Å². The maximum Gasteiger partial charge on any atom is 0.233 e. The van der Waals surface area contributed by atoms with Gasteiger partial charge in [0.1, 0.15) is 0 Å². The van der Waals surface area contributed by atoms with Gasteiger partial charge in [-0.25, -0.2) is 0 Å². The standard InChI is InChI=1S/C22H32N2O3/c1-21(2,3)16-9-15-5-7-24(20(25)22(4)13-27-14-22)11-18(15)17(10-16)19-12-26-8-6-23-19/h9-10,19,23H,5-8,11-14H2,1-4H3/t19-/m0/s1. The average molecular weight is 373 g/mol. The first-order valence-electron chi connectivity index (χ1n) is 10.1. The molecule has 0 saturated carbocycles. The molecular weight excluding hydrogens is 340 g/mol. The van der Waals surface area contributed by atoms with Crippen LogP contribution in [0.4, 0.5) is 0 Å². The summed E-state index contributed by atoms with van der Waals surface area (Å²) in [5, 5.41) is 3.61. The molecule has 3 aliphatic heterocycles. The summed E-state index contributed by atoms with van der Waals surface area (Å²) >= 11 is 0. The smallest absolute Gasteiger partial charge is 0.233 e. The fourth-order valence-electron chi connectivity index (χ4n) is 4.29. The molecule has 0 radical (unpaired) electrons. The van der Waals surface area contributed by atoms with Crippen molar-refractivity contribution >= 4 is 5.91 Å².